The number of aryl methyl sites for hydroxylation is 2. The van der Waals surface area contributed by atoms with Crippen LogP contribution in [-0.4, -0.2) is 0 Å². The molecule has 2 unspecified atom stereocenters. The molecular formula is C40H42O. The monoisotopic (exact) mass is 538 g/mol. The minimum Gasteiger partial charge on any atom is -0.356 e. The Morgan fingerprint density at radius 1 is 0.537 bits per heavy atom. The number of rotatable bonds is 10. The lowest BCUT2D eigenvalue weighted by molar-refractivity contribution is 0.0288. The zero-order chi connectivity index (χ0) is 28.0. The summed E-state index contributed by atoms with van der Waals surface area (Å²) in [5.74, 6) is 0. The summed E-state index contributed by atoms with van der Waals surface area (Å²) in [5, 5.41) is 0. The van der Waals surface area contributed by atoms with E-state index >= 15 is 0 Å². The Morgan fingerprint density at radius 3 is 1.37 bits per heavy atom. The van der Waals surface area contributed by atoms with Gasteiger partial charge >= 0.3 is 0 Å². The zero-order valence-electron chi connectivity index (χ0n) is 24.3. The van der Waals surface area contributed by atoms with E-state index in [0.717, 1.165) is 38.5 Å². The van der Waals surface area contributed by atoms with Gasteiger partial charge in [-0.3, -0.25) is 0 Å². The fourth-order valence-corrected chi connectivity index (χ4v) is 7.15. The van der Waals surface area contributed by atoms with E-state index in [1.165, 1.54) is 81.3 Å². The van der Waals surface area contributed by atoms with Crippen LogP contribution in [0.4, 0.5) is 0 Å². The van der Waals surface area contributed by atoms with Crippen molar-refractivity contribution in [2.24, 2.45) is 0 Å². The molecule has 1 heteroatoms. The maximum atomic E-state index is 7.63. The van der Waals surface area contributed by atoms with Crippen molar-refractivity contribution in [3.05, 3.63) is 166 Å². The lowest BCUT2D eigenvalue weighted by Gasteiger charge is -2.34. The Balaban J connectivity index is 1.58. The van der Waals surface area contributed by atoms with Crippen LogP contribution >= 0.6 is 0 Å². The van der Waals surface area contributed by atoms with Crippen molar-refractivity contribution in [2.45, 2.75) is 76.4 Å². The van der Waals surface area contributed by atoms with Crippen LogP contribution in [0, 0.1) is 0 Å². The molecule has 4 aromatic rings. The van der Waals surface area contributed by atoms with Gasteiger partial charge < -0.3 is 4.74 Å². The van der Waals surface area contributed by atoms with Crippen molar-refractivity contribution >= 4 is 0 Å². The van der Waals surface area contributed by atoms with Gasteiger partial charge in [0.05, 0.1) is 0 Å². The van der Waals surface area contributed by atoms with Crippen LogP contribution in [-0.2, 0) is 43.3 Å². The molecule has 0 aliphatic heterocycles. The van der Waals surface area contributed by atoms with Gasteiger partial charge in [-0.2, -0.15) is 0 Å². The Morgan fingerprint density at radius 2 is 0.951 bits per heavy atom. The van der Waals surface area contributed by atoms with Gasteiger partial charge in [0.1, 0.15) is 12.2 Å². The van der Waals surface area contributed by atoms with Gasteiger partial charge in [-0.1, -0.05) is 97.1 Å². The van der Waals surface area contributed by atoms with E-state index in [9.17, 15) is 0 Å². The second-order valence-electron chi connectivity index (χ2n) is 11.7. The van der Waals surface area contributed by atoms with E-state index in [4.69, 9.17) is 4.74 Å². The summed E-state index contributed by atoms with van der Waals surface area (Å²) in [7, 11) is 0. The molecule has 0 saturated carbocycles. The molecule has 0 amide bonds. The molecule has 2 aliphatic carbocycles. The van der Waals surface area contributed by atoms with Crippen LogP contribution in [0.25, 0.3) is 0 Å². The number of hydrogen-bond acceptors (Lipinski definition) is 1. The predicted octanol–water partition coefficient (Wildman–Crippen LogP) is 9.80. The summed E-state index contributed by atoms with van der Waals surface area (Å²) in [6.45, 7) is 8.25. The molecule has 0 radical (unpaired) electrons. The SMILES string of the molecule is C=CCc1ccc2c(c1C(OC(c1ccccc1)c1c(CC=C)ccc3c1CCCC3)c1ccccc1)CCCC2. The highest BCUT2D eigenvalue weighted by atomic mass is 16.5. The second kappa shape index (κ2) is 12.9. The van der Waals surface area contributed by atoms with Gasteiger partial charge in [-0.05, 0) is 120 Å². The molecule has 0 spiro atoms. The van der Waals surface area contributed by atoms with E-state index in [2.05, 4.69) is 98.1 Å². The van der Waals surface area contributed by atoms with Crippen LogP contribution in [0.15, 0.2) is 110 Å². The van der Waals surface area contributed by atoms with Crippen molar-refractivity contribution in [1.29, 1.82) is 0 Å². The molecule has 208 valence electrons. The Hall–Kier alpha value is -3.68. The third kappa shape index (κ3) is 5.74. The van der Waals surface area contributed by atoms with E-state index in [1.807, 2.05) is 12.2 Å². The van der Waals surface area contributed by atoms with Gasteiger partial charge in [-0.25, -0.2) is 0 Å². The molecule has 0 fully saturated rings. The van der Waals surface area contributed by atoms with Crippen molar-refractivity contribution in [1.82, 2.24) is 0 Å². The molecular weight excluding hydrogens is 496 g/mol. The number of hydrogen-bond donors (Lipinski definition) is 0. The summed E-state index contributed by atoms with van der Waals surface area (Å²) in [6.07, 6.45) is 14.9. The molecule has 0 saturated heterocycles. The summed E-state index contributed by atoms with van der Waals surface area (Å²) in [4.78, 5) is 0. The van der Waals surface area contributed by atoms with Crippen molar-refractivity contribution in [3.63, 3.8) is 0 Å². The number of fused-ring (bicyclic) bond motifs is 2. The lowest BCUT2D eigenvalue weighted by atomic mass is 9.80. The van der Waals surface area contributed by atoms with Gasteiger partial charge in [-0.15, -0.1) is 13.2 Å². The van der Waals surface area contributed by atoms with Gasteiger partial charge in [0, 0.05) is 0 Å². The maximum absolute atomic E-state index is 7.63. The Bertz CT molecular complexity index is 1380. The molecule has 41 heavy (non-hydrogen) atoms. The molecule has 6 rings (SSSR count). The standard InChI is InChI=1S/C40H42O/c1-3-15-31-27-25-29-17-11-13-23-35(29)37(31)39(33-19-7-5-8-20-33)41-40(34-21-9-6-10-22-34)38-32(16-4-2)28-26-30-18-12-14-24-36(30)38/h3-10,19-22,25-28,39-40H,1-2,11-18,23-24H2. The first-order valence-corrected chi connectivity index (χ1v) is 15.5. The normalized spacial score (nSPS) is 15.8. The third-order valence-electron chi connectivity index (χ3n) is 9.06. The Kier molecular flexibility index (Phi) is 8.63. The smallest absolute Gasteiger partial charge is 0.109 e. The summed E-state index contributed by atoms with van der Waals surface area (Å²) >= 11 is 0. The zero-order valence-corrected chi connectivity index (χ0v) is 24.3. The first kappa shape index (κ1) is 27.5. The van der Waals surface area contributed by atoms with Gasteiger partial charge in [0.2, 0.25) is 0 Å². The van der Waals surface area contributed by atoms with E-state index in [-0.39, 0.29) is 12.2 Å². The quantitative estimate of drug-likeness (QED) is 0.183. The average molecular weight is 539 g/mol. The van der Waals surface area contributed by atoms with Crippen LogP contribution in [0.1, 0.15) is 93.5 Å². The molecule has 0 bridgehead atoms. The van der Waals surface area contributed by atoms with Crippen molar-refractivity contribution in [2.75, 3.05) is 0 Å². The lowest BCUT2D eigenvalue weighted by Crippen LogP contribution is -2.21. The van der Waals surface area contributed by atoms with Crippen LogP contribution in [0.5, 0.6) is 0 Å². The molecule has 2 aliphatic rings. The van der Waals surface area contributed by atoms with Gasteiger partial charge in [0.15, 0.2) is 0 Å². The fraction of sp³-hybridized carbons (Fsp3) is 0.300. The largest absolute Gasteiger partial charge is 0.356 e. The predicted molar refractivity (Wildman–Crippen MR) is 172 cm³/mol. The summed E-state index contributed by atoms with van der Waals surface area (Å²) in [5.41, 5.74) is 13.8. The highest BCUT2D eigenvalue weighted by molar-refractivity contribution is 5.50. The number of ether oxygens (including phenoxy) is 1. The molecule has 0 N–H and O–H groups in total. The maximum Gasteiger partial charge on any atom is 0.109 e. The van der Waals surface area contributed by atoms with E-state index in [1.54, 1.807) is 0 Å². The number of benzene rings is 4. The minimum absolute atomic E-state index is 0.180. The highest BCUT2D eigenvalue weighted by Gasteiger charge is 2.31. The first-order chi connectivity index (χ1) is 20.3. The molecule has 0 heterocycles. The topological polar surface area (TPSA) is 9.23 Å². The van der Waals surface area contributed by atoms with Crippen molar-refractivity contribution < 1.29 is 4.74 Å². The second-order valence-corrected chi connectivity index (χ2v) is 11.7. The molecule has 2 atom stereocenters. The molecule has 0 aromatic heterocycles. The molecule has 1 nitrogen and oxygen atoms in total. The minimum atomic E-state index is -0.180. The highest BCUT2D eigenvalue weighted by Crippen LogP contribution is 2.44. The fourth-order valence-electron chi connectivity index (χ4n) is 7.15. The van der Waals surface area contributed by atoms with E-state index in [0.29, 0.717) is 0 Å². The summed E-state index contributed by atoms with van der Waals surface area (Å²) in [6, 6.07) is 31.2. The average Bonchev–Trinajstić information content (AvgIpc) is 3.03. The van der Waals surface area contributed by atoms with Crippen LogP contribution in [0.2, 0.25) is 0 Å². The summed E-state index contributed by atoms with van der Waals surface area (Å²) < 4.78 is 7.63. The van der Waals surface area contributed by atoms with Crippen LogP contribution in [0.3, 0.4) is 0 Å². The molecule has 4 aromatic carbocycles. The first-order valence-electron chi connectivity index (χ1n) is 15.5. The number of allylic oxidation sites excluding steroid dienone is 2. The van der Waals surface area contributed by atoms with Gasteiger partial charge in [0.25, 0.3) is 0 Å². The third-order valence-corrected chi connectivity index (χ3v) is 9.06. The Labute approximate surface area is 246 Å². The van der Waals surface area contributed by atoms with Crippen LogP contribution < -0.4 is 0 Å². The van der Waals surface area contributed by atoms with E-state index < -0.39 is 0 Å². The van der Waals surface area contributed by atoms with Crippen molar-refractivity contribution in [3.8, 4) is 0 Å².